The highest BCUT2D eigenvalue weighted by Gasteiger charge is 2.16. The highest BCUT2D eigenvalue weighted by Crippen LogP contribution is 2.32. The summed E-state index contributed by atoms with van der Waals surface area (Å²) < 4.78 is 0. The first-order valence-electron chi connectivity index (χ1n) is 8.14. The van der Waals surface area contributed by atoms with E-state index in [0.29, 0.717) is 23.1 Å². The van der Waals surface area contributed by atoms with Gasteiger partial charge in [-0.1, -0.05) is 58.0 Å². The van der Waals surface area contributed by atoms with Gasteiger partial charge in [-0.3, -0.25) is 0 Å². The van der Waals surface area contributed by atoms with Gasteiger partial charge < -0.3 is 10.6 Å². The van der Waals surface area contributed by atoms with E-state index in [2.05, 4.69) is 44.4 Å². The predicted octanol–water partition coefficient (Wildman–Crippen LogP) is 5.45. The van der Waals surface area contributed by atoms with E-state index in [1.54, 1.807) is 24.3 Å². The predicted molar refractivity (Wildman–Crippen MR) is 98.4 cm³/mol. The fourth-order valence-corrected chi connectivity index (χ4v) is 2.65. The van der Waals surface area contributed by atoms with Crippen LogP contribution in [0, 0.1) is 11.3 Å². The number of nitrogens with one attached hydrogen (secondary N) is 2. The Morgan fingerprint density at radius 1 is 0.917 bits per heavy atom. The van der Waals surface area contributed by atoms with E-state index in [1.165, 1.54) is 0 Å². The monoisotopic (exact) mass is 321 g/mol. The summed E-state index contributed by atoms with van der Waals surface area (Å²) >= 11 is 0. The maximum atomic E-state index is 12.5. The molecule has 0 spiro atoms. The first-order valence-corrected chi connectivity index (χ1v) is 8.14. The largest absolute Gasteiger partial charge is 0.323 e. The SMILES string of the molecule is CC(C)c1cccc(C(C)C)c1NC(=O)Nc1ccccc1C#N. The van der Waals surface area contributed by atoms with Crippen LogP contribution in [0.1, 0.15) is 56.2 Å². The van der Waals surface area contributed by atoms with E-state index in [-0.39, 0.29) is 6.03 Å². The molecule has 4 heteroatoms. The van der Waals surface area contributed by atoms with E-state index >= 15 is 0 Å². The molecule has 2 amide bonds. The number of carbonyl (C=O) groups is 1. The summed E-state index contributed by atoms with van der Waals surface area (Å²) in [5, 5.41) is 14.9. The Morgan fingerprint density at radius 2 is 1.50 bits per heavy atom. The summed E-state index contributed by atoms with van der Waals surface area (Å²) in [6.07, 6.45) is 0. The van der Waals surface area contributed by atoms with Crippen molar-refractivity contribution in [2.45, 2.75) is 39.5 Å². The second-order valence-electron chi connectivity index (χ2n) is 6.36. The Bertz CT molecular complexity index is 746. The van der Waals surface area contributed by atoms with Crippen molar-refractivity contribution in [2.24, 2.45) is 0 Å². The zero-order valence-corrected chi connectivity index (χ0v) is 14.6. The topological polar surface area (TPSA) is 64.9 Å². The lowest BCUT2D eigenvalue weighted by molar-refractivity contribution is 0.262. The first-order chi connectivity index (χ1) is 11.4. The highest BCUT2D eigenvalue weighted by atomic mass is 16.2. The van der Waals surface area contributed by atoms with Crippen molar-refractivity contribution in [3.63, 3.8) is 0 Å². The molecule has 0 atom stereocenters. The molecule has 0 aliphatic carbocycles. The number of nitriles is 1. The van der Waals surface area contributed by atoms with Gasteiger partial charge in [0.15, 0.2) is 0 Å². The number of hydrogen-bond donors (Lipinski definition) is 2. The Morgan fingerprint density at radius 3 is 2.04 bits per heavy atom. The van der Waals surface area contributed by atoms with Crippen molar-refractivity contribution in [2.75, 3.05) is 10.6 Å². The molecule has 0 aliphatic heterocycles. The number of amides is 2. The Labute approximate surface area is 143 Å². The van der Waals surface area contributed by atoms with Crippen molar-refractivity contribution in [1.29, 1.82) is 5.26 Å². The standard InChI is InChI=1S/C20H23N3O/c1-13(2)16-9-7-10-17(14(3)4)19(16)23-20(24)22-18-11-6-5-8-15(18)12-21/h5-11,13-14H,1-4H3,(H2,22,23,24). The molecule has 24 heavy (non-hydrogen) atoms. The summed E-state index contributed by atoms with van der Waals surface area (Å²) in [6.45, 7) is 8.42. The molecule has 2 aromatic carbocycles. The molecule has 2 rings (SSSR count). The van der Waals surface area contributed by atoms with Gasteiger partial charge in [0.1, 0.15) is 6.07 Å². The Kier molecular flexibility index (Phi) is 5.59. The number of nitrogens with zero attached hydrogens (tertiary/aromatic N) is 1. The third kappa shape index (κ3) is 3.94. The molecule has 0 bridgehead atoms. The zero-order valence-electron chi connectivity index (χ0n) is 14.6. The average Bonchev–Trinajstić information content (AvgIpc) is 2.55. The minimum Gasteiger partial charge on any atom is -0.307 e. The Hall–Kier alpha value is -2.80. The minimum absolute atomic E-state index is 0.297. The summed E-state index contributed by atoms with van der Waals surface area (Å²) in [7, 11) is 0. The molecule has 0 radical (unpaired) electrons. The number of urea groups is 1. The van der Waals surface area contributed by atoms with Crippen LogP contribution in [0.2, 0.25) is 0 Å². The molecule has 2 N–H and O–H groups in total. The molecule has 2 aromatic rings. The van der Waals surface area contributed by atoms with Gasteiger partial charge in [0, 0.05) is 5.69 Å². The van der Waals surface area contributed by atoms with E-state index in [4.69, 9.17) is 5.26 Å². The lowest BCUT2D eigenvalue weighted by Gasteiger charge is -2.20. The fraction of sp³-hybridized carbons (Fsp3) is 0.300. The molecule has 0 aliphatic rings. The quantitative estimate of drug-likeness (QED) is 0.786. The molecular weight excluding hydrogens is 298 g/mol. The molecule has 0 saturated heterocycles. The molecule has 4 nitrogen and oxygen atoms in total. The molecule has 124 valence electrons. The second-order valence-corrected chi connectivity index (χ2v) is 6.36. The van der Waals surface area contributed by atoms with Crippen LogP contribution >= 0.6 is 0 Å². The molecular formula is C20H23N3O. The second kappa shape index (κ2) is 7.65. The van der Waals surface area contributed by atoms with E-state index in [0.717, 1.165) is 16.8 Å². The maximum absolute atomic E-state index is 12.5. The van der Waals surface area contributed by atoms with Gasteiger partial charge in [-0.15, -0.1) is 0 Å². The van der Waals surface area contributed by atoms with Crippen LogP contribution in [0.5, 0.6) is 0 Å². The van der Waals surface area contributed by atoms with Crippen molar-refractivity contribution in [1.82, 2.24) is 0 Å². The van der Waals surface area contributed by atoms with Crippen molar-refractivity contribution in [3.05, 3.63) is 59.2 Å². The smallest absolute Gasteiger partial charge is 0.307 e. The lowest BCUT2D eigenvalue weighted by atomic mass is 9.93. The molecule has 0 aromatic heterocycles. The number of rotatable bonds is 4. The number of hydrogen-bond acceptors (Lipinski definition) is 2. The maximum Gasteiger partial charge on any atom is 0.323 e. The van der Waals surface area contributed by atoms with Crippen molar-refractivity contribution in [3.8, 4) is 6.07 Å². The van der Waals surface area contributed by atoms with Crippen LogP contribution in [-0.2, 0) is 0 Å². The molecule has 0 saturated carbocycles. The van der Waals surface area contributed by atoms with Crippen LogP contribution in [0.25, 0.3) is 0 Å². The Balaban J connectivity index is 2.30. The van der Waals surface area contributed by atoms with Gasteiger partial charge >= 0.3 is 6.03 Å². The van der Waals surface area contributed by atoms with Crippen LogP contribution < -0.4 is 10.6 Å². The number of benzene rings is 2. The normalized spacial score (nSPS) is 10.5. The minimum atomic E-state index is -0.340. The van der Waals surface area contributed by atoms with E-state index in [9.17, 15) is 4.79 Å². The van der Waals surface area contributed by atoms with Crippen LogP contribution in [0.4, 0.5) is 16.2 Å². The van der Waals surface area contributed by atoms with Gasteiger partial charge in [-0.05, 0) is 35.1 Å². The summed E-state index contributed by atoms with van der Waals surface area (Å²) in [6, 6.07) is 14.8. The third-order valence-corrected chi connectivity index (χ3v) is 3.91. The summed E-state index contributed by atoms with van der Waals surface area (Å²) in [5.41, 5.74) is 4.00. The van der Waals surface area contributed by atoms with Crippen molar-refractivity contribution >= 4 is 17.4 Å². The molecule has 0 heterocycles. The number of carbonyl (C=O) groups excluding carboxylic acids is 1. The first kappa shape index (κ1) is 17.6. The highest BCUT2D eigenvalue weighted by molar-refractivity contribution is 6.01. The van der Waals surface area contributed by atoms with Crippen LogP contribution in [-0.4, -0.2) is 6.03 Å². The van der Waals surface area contributed by atoms with Gasteiger partial charge in [-0.25, -0.2) is 4.79 Å². The molecule has 0 fully saturated rings. The average molecular weight is 321 g/mol. The van der Waals surface area contributed by atoms with Crippen LogP contribution in [0.3, 0.4) is 0 Å². The van der Waals surface area contributed by atoms with Crippen molar-refractivity contribution < 1.29 is 4.79 Å². The summed E-state index contributed by atoms with van der Waals surface area (Å²) in [5.74, 6) is 0.593. The fourth-order valence-electron chi connectivity index (χ4n) is 2.65. The van der Waals surface area contributed by atoms with Crippen LogP contribution in [0.15, 0.2) is 42.5 Å². The number of anilines is 2. The van der Waals surface area contributed by atoms with Gasteiger partial charge in [0.25, 0.3) is 0 Å². The third-order valence-electron chi connectivity index (χ3n) is 3.91. The van der Waals surface area contributed by atoms with E-state index < -0.39 is 0 Å². The molecule has 0 unspecified atom stereocenters. The zero-order chi connectivity index (χ0) is 17.7. The van der Waals surface area contributed by atoms with E-state index in [1.807, 2.05) is 18.2 Å². The van der Waals surface area contributed by atoms with Gasteiger partial charge in [-0.2, -0.15) is 5.26 Å². The summed E-state index contributed by atoms with van der Waals surface area (Å²) in [4.78, 5) is 12.5. The lowest BCUT2D eigenvalue weighted by Crippen LogP contribution is -2.22. The van der Waals surface area contributed by atoms with Gasteiger partial charge in [0.05, 0.1) is 11.3 Å². The number of para-hydroxylation sites is 2. The van der Waals surface area contributed by atoms with Gasteiger partial charge in [0.2, 0.25) is 0 Å².